The monoisotopic (exact) mass is 244 g/mol. The lowest BCUT2D eigenvalue weighted by Crippen LogP contribution is -2.68. The second-order valence-corrected chi connectivity index (χ2v) is 5.51. The molecule has 0 unspecified atom stereocenters. The number of carbonyl (C=O) groups is 2. The molecular weight excluding hydrogens is 228 g/mol. The van der Waals surface area contributed by atoms with E-state index in [1.54, 1.807) is 0 Å². The molecule has 0 saturated heterocycles. The van der Waals surface area contributed by atoms with E-state index in [1.165, 1.54) is 0 Å². The first-order chi connectivity index (χ1) is 8.62. The summed E-state index contributed by atoms with van der Waals surface area (Å²) in [5.41, 5.74) is 0.156. The third-order valence-electron chi connectivity index (χ3n) is 4.26. The summed E-state index contributed by atoms with van der Waals surface area (Å²) in [6.07, 6.45) is 2.02. The van der Waals surface area contributed by atoms with Gasteiger partial charge >= 0.3 is 5.97 Å². The molecule has 94 valence electrons. The fourth-order valence-corrected chi connectivity index (χ4v) is 3.43. The van der Waals surface area contributed by atoms with Crippen LogP contribution in [0.5, 0.6) is 0 Å². The highest BCUT2D eigenvalue weighted by Gasteiger charge is 2.75. The predicted molar refractivity (Wildman–Crippen MR) is 66.1 cm³/mol. The zero-order chi connectivity index (χ0) is 12.8. The van der Waals surface area contributed by atoms with E-state index in [1.807, 2.05) is 37.3 Å². The quantitative estimate of drug-likeness (QED) is 0.604. The molecule has 1 aromatic rings. The Morgan fingerprint density at radius 1 is 1.11 bits per heavy atom. The smallest absolute Gasteiger partial charge is 0.312 e. The molecule has 3 nitrogen and oxygen atoms in total. The summed E-state index contributed by atoms with van der Waals surface area (Å²) in [6.45, 7) is 2.23. The highest BCUT2D eigenvalue weighted by molar-refractivity contribution is 6.05. The number of esters is 1. The van der Waals surface area contributed by atoms with Crippen molar-refractivity contribution in [1.29, 1.82) is 0 Å². The first-order valence-corrected chi connectivity index (χ1v) is 6.39. The summed E-state index contributed by atoms with van der Waals surface area (Å²) in [5, 5.41) is 0. The number of ketones is 1. The SMILES string of the molecule is CCOC(=O)[C@]12C[C@@](C(=O)c3ccccc3)(C1)C2. The van der Waals surface area contributed by atoms with Crippen molar-refractivity contribution in [1.82, 2.24) is 0 Å². The van der Waals surface area contributed by atoms with E-state index < -0.39 is 0 Å². The highest BCUT2D eigenvalue weighted by Crippen LogP contribution is 2.74. The molecule has 3 heteroatoms. The highest BCUT2D eigenvalue weighted by atomic mass is 16.5. The molecular formula is C15H16O3. The first kappa shape index (κ1) is 11.5. The van der Waals surface area contributed by atoms with E-state index in [9.17, 15) is 9.59 Å². The Labute approximate surface area is 106 Å². The molecule has 0 atom stereocenters. The lowest BCUT2D eigenvalue weighted by molar-refractivity contribution is -0.209. The van der Waals surface area contributed by atoms with Crippen LogP contribution in [0.1, 0.15) is 36.5 Å². The maximum Gasteiger partial charge on any atom is 0.312 e. The fraction of sp³-hybridized carbons (Fsp3) is 0.467. The third kappa shape index (κ3) is 1.36. The minimum atomic E-state index is -0.333. The van der Waals surface area contributed by atoms with Crippen molar-refractivity contribution < 1.29 is 14.3 Å². The number of hydrogen-bond donors (Lipinski definition) is 0. The number of Topliss-reactive ketones (excluding diaryl/α,β-unsaturated/α-hetero) is 1. The van der Waals surface area contributed by atoms with E-state index in [0.717, 1.165) is 5.56 Å². The van der Waals surface area contributed by atoms with E-state index in [0.29, 0.717) is 25.9 Å². The van der Waals surface area contributed by atoms with Gasteiger partial charge in [-0.2, -0.15) is 0 Å². The van der Waals surface area contributed by atoms with Crippen LogP contribution in [0.3, 0.4) is 0 Å². The second kappa shape index (κ2) is 3.67. The topological polar surface area (TPSA) is 43.4 Å². The van der Waals surface area contributed by atoms with Gasteiger partial charge in [-0.3, -0.25) is 9.59 Å². The normalized spacial score (nSPS) is 32.1. The molecule has 0 radical (unpaired) electrons. The molecule has 3 saturated carbocycles. The molecule has 3 aliphatic carbocycles. The molecule has 1 aromatic carbocycles. The average Bonchev–Trinajstić information content (AvgIpc) is 2.27. The van der Waals surface area contributed by atoms with Gasteiger partial charge in [0, 0.05) is 11.0 Å². The van der Waals surface area contributed by atoms with E-state index in [2.05, 4.69) is 0 Å². The molecule has 0 aliphatic heterocycles. The summed E-state index contributed by atoms with van der Waals surface area (Å²) < 4.78 is 5.07. The first-order valence-electron chi connectivity index (χ1n) is 6.39. The van der Waals surface area contributed by atoms with Crippen LogP contribution in [-0.4, -0.2) is 18.4 Å². The Hall–Kier alpha value is -1.64. The van der Waals surface area contributed by atoms with Crippen LogP contribution in [0.4, 0.5) is 0 Å². The molecule has 0 N–H and O–H groups in total. The Morgan fingerprint density at radius 3 is 2.28 bits per heavy atom. The summed E-state index contributed by atoms with van der Waals surface area (Å²) in [5.74, 6) is 0.0713. The van der Waals surface area contributed by atoms with Gasteiger partial charge in [0.25, 0.3) is 0 Å². The Morgan fingerprint density at radius 2 is 1.72 bits per heavy atom. The van der Waals surface area contributed by atoms with Crippen molar-refractivity contribution in [3.05, 3.63) is 35.9 Å². The van der Waals surface area contributed by atoms with Gasteiger partial charge in [0.05, 0.1) is 12.0 Å². The van der Waals surface area contributed by atoms with Gasteiger partial charge in [-0.15, -0.1) is 0 Å². The van der Waals surface area contributed by atoms with E-state index in [4.69, 9.17) is 4.74 Å². The van der Waals surface area contributed by atoms with Gasteiger partial charge in [-0.05, 0) is 26.2 Å². The van der Waals surface area contributed by atoms with Crippen molar-refractivity contribution in [2.75, 3.05) is 6.61 Å². The van der Waals surface area contributed by atoms with Gasteiger partial charge < -0.3 is 4.74 Å². The number of benzene rings is 1. The molecule has 3 fully saturated rings. The Kier molecular flexibility index (Phi) is 2.34. The van der Waals surface area contributed by atoms with Gasteiger partial charge in [0.1, 0.15) is 0 Å². The lowest BCUT2D eigenvalue weighted by Gasteiger charge is -2.67. The van der Waals surface area contributed by atoms with Crippen molar-refractivity contribution >= 4 is 11.8 Å². The number of hydrogen-bond acceptors (Lipinski definition) is 3. The summed E-state index contributed by atoms with van der Waals surface area (Å²) >= 11 is 0. The molecule has 0 aromatic heterocycles. The molecule has 3 aliphatic rings. The van der Waals surface area contributed by atoms with Crippen molar-refractivity contribution in [2.24, 2.45) is 10.8 Å². The molecule has 18 heavy (non-hydrogen) atoms. The summed E-state index contributed by atoms with van der Waals surface area (Å²) in [6, 6.07) is 9.35. The zero-order valence-corrected chi connectivity index (χ0v) is 10.4. The number of ether oxygens (including phenoxy) is 1. The van der Waals surface area contributed by atoms with Crippen molar-refractivity contribution in [3.8, 4) is 0 Å². The van der Waals surface area contributed by atoms with Crippen LogP contribution in [-0.2, 0) is 9.53 Å². The van der Waals surface area contributed by atoms with Gasteiger partial charge in [0.2, 0.25) is 0 Å². The fourth-order valence-electron chi connectivity index (χ4n) is 3.43. The second-order valence-electron chi connectivity index (χ2n) is 5.51. The summed E-state index contributed by atoms with van der Waals surface area (Å²) in [4.78, 5) is 24.1. The molecule has 0 heterocycles. The van der Waals surface area contributed by atoms with E-state index in [-0.39, 0.29) is 22.6 Å². The Balaban J connectivity index is 1.70. The Bertz CT molecular complexity index is 484. The predicted octanol–water partition coefficient (Wildman–Crippen LogP) is 2.60. The minimum absolute atomic E-state index is 0.118. The zero-order valence-electron chi connectivity index (χ0n) is 10.4. The van der Waals surface area contributed by atoms with Crippen LogP contribution >= 0.6 is 0 Å². The third-order valence-corrected chi connectivity index (χ3v) is 4.26. The molecule has 2 bridgehead atoms. The minimum Gasteiger partial charge on any atom is -0.466 e. The van der Waals surface area contributed by atoms with Crippen LogP contribution in [0.2, 0.25) is 0 Å². The van der Waals surface area contributed by atoms with E-state index >= 15 is 0 Å². The van der Waals surface area contributed by atoms with Crippen LogP contribution in [0, 0.1) is 10.8 Å². The van der Waals surface area contributed by atoms with Gasteiger partial charge in [-0.1, -0.05) is 30.3 Å². The van der Waals surface area contributed by atoms with Gasteiger partial charge in [-0.25, -0.2) is 0 Å². The maximum atomic E-state index is 12.4. The average molecular weight is 244 g/mol. The largest absolute Gasteiger partial charge is 0.466 e. The van der Waals surface area contributed by atoms with Crippen molar-refractivity contribution in [2.45, 2.75) is 26.2 Å². The van der Waals surface area contributed by atoms with Crippen LogP contribution in [0.25, 0.3) is 0 Å². The standard InChI is InChI=1S/C15H16O3/c1-2-18-13(17)15-8-14(9-15,10-15)12(16)11-6-4-3-5-7-11/h3-7H,2,8-10H2,1H3/t14-,15-. The van der Waals surface area contributed by atoms with Crippen LogP contribution in [0.15, 0.2) is 30.3 Å². The molecule has 4 rings (SSSR count). The number of carbonyl (C=O) groups excluding carboxylic acids is 2. The van der Waals surface area contributed by atoms with Crippen LogP contribution < -0.4 is 0 Å². The molecule has 0 amide bonds. The van der Waals surface area contributed by atoms with Gasteiger partial charge in [0.15, 0.2) is 5.78 Å². The lowest BCUT2D eigenvalue weighted by atomic mass is 9.33. The molecule has 0 spiro atoms. The van der Waals surface area contributed by atoms with Crippen molar-refractivity contribution in [3.63, 3.8) is 0 Å². The summed E-state index contributed by atoms with van der Waals surface area (Å²) in [7, 11) is 0. The maximum absolute atomic E-state index is 12.4. The number of rotatable bonds is 4.